The van der Waals surface area contributed by atoms with Crippen molar-refractivity contribution >= 4 is 11.5 Å². The Bertz CT molecular complexity index is 954. The van der Waals surface area contributed by atoms with Gasteiger partial charge in [0.15, 0.2) is 5.82 Å². The van der Waals surface area contributed by atoms with Crippen molar-refractivity contribution in [2.75, 3.05) is 16.8 Å². The summed E-state index contributed by atoms with van der Waals surface area (Å²) in [5.74, 6) is 1.52. The number of nitrogens with zero attached hydrogens (tertiary/aromatic N) is 2. The van der Waals surface area contributed by atoms with E-state index in [4.69, 9.17) is 4.74 Å². The molecule has 0 saturated heterocycles. The Hall–Kier alpha value is -3.28. The summed E-state index contributed by atoms with van der Waals surface area (Å²) in [6.07, 6.45) is 2.30. The first-order valence-corrected chi connectivity index (χ1v) is 9.14. The van der Waals surface area contributed by atoms with E-state index < -0.39 is 0 Å². The Kier molecular flexibility index (Phi) is 4.78. The third-order valence-corrected chi connectivity index (χ3v) is 4.61. The summed E-state index contributed by atoms with van der Waals surface area (Å²) in [6, 6.07) is 18.1. The molecule has 3 aromatic rings. The molecule has 4 rings (SSSR count). The maximum Gasteiger partial charge on any atom is 0.276 e. The predicted molar refractivity (Wildman–Crippen MR) is 106 cm³/mol. The van der Waals surface area contributed by atoms with Gasteiger partial charge < -0.3 is 19.9 Å². The van der Waals surface area contributed by atoms with E-state index >= 15 is 0 Å². The molecule has 0 amide bonds. The third kappa shape index (κ3) is 3.51. The molecule has 27 heavy (non-hydrogen) atoms. The van der Waals surface area contributed by atoms with Crippen LogP contribution in [0.15, 0.2) is 65.7 Å². The molecule has 2 N–H and O–H groups in total. The van der Waals surface area contributed by atoms with Crippen molar-refractivity contribution in [3.63, 3.8) is 0 Å². The zero-order chi connectivity index (χ0) is 18.6. The van der Waals surface area contributed by atoms with Gasteiger partial charge in [0.2, 0.25) is 0 Å². The van der Waals surface area contributed by atoms with Gasteiger partial charge in [-0.3, -0.25) is 4.79 Å². The molecular weight excluding hydrogens is 340 g/mol. The normalized spacial score (nSPS) is 15.3. The van der Waals surface area contributed by atoms with E-state index in [1.807, 2.05) is 54.6 Å². The highest BCUT2D eigenvalue weighted by Crippen LogP contribution is 2.37. The lowest BCUT2D eigenvalue weighted by Crippen LogP contribution is -2.29. The summed E-state index contributed by atoms with van der Waals surface area (Å²) in [6.45, 7) is 3.46. The standard InChI is InChI=1S/C21H22N4O2/c1-2-12-25-19(24-18-20(25)22-14-23-21(18)26)16-8-10-17(11-9-16)27-13-15-6-4-3-5-7-15/h3-11,14,19,24H,2,12-13H2,1H3,(H,22,23,26). The van der Waals surface area contributed by atoms with E-state index in [1.54, 1.807) is 0 Å². The topological polar surface area (TPSA) is 70.2 Å². The van der Waals surface area contributed by atoms with Crippen LogP contribution >= 0.6 is 0 Å². The Labute approximate surface area is 157 Å². The molecule has 1 aliphatic heterocycles. The number of hydrogen-bond donors (Lipinski definition) is 2. The number of aromatic nitrogens is 2. The van der Waals surface area contributed by atoms with Gasteiger partial charge in [0, 0.05) is 6.54 Å². The summed E-state index contributed by atoms with van der Waals surface area (Å²) in [5.41, 5.74) is 2.58. The third-order valence-electron chi connectivity index (χ3n) is 4.61. The highest BCUT2D eigenvalue weighted by Gasteiger charge is 2.32. The number of ether oxygens (including phenoxy) is 1. The fourth-order valence-electron chi connectivity index (χ4n) is 3.30. The predicted octanol–water partition coefficient (Wildman–Crippen LogP) is 3.69. The molecule has 138 valence electrons. The van der Waals surface area contributed by atoms with Gasteiger partial charge in [-0.05, 0) is 29.7 Å². The Morgan fingerprint density at radius 3 is 2.63 bits per heavy atom. The largest absolute Gasteiger partial charge is 0.489 e. The summed E-state index contributed by atoms with van der Waals surface area (Å²) < 4.78 is 5.86. The molecule has 1 aliphatic rings. The van der Waals surface area contributed by atoms with Crippen LogP contribution in [0.25, 0.3) is 0 Å². The number of fused-ring (bicyclic) bond motifs is 1. The summed E-state index contributed by atoms with van der Waals surface area (Å²) >= 11 is 0. The Morgan fingerprint density at radius 1 is 1.11 bits per heavy atom. The molecule has 1 atom stereocenters. The molecule has 2 aromatic carbocycles. The minimum absolute atomic E-state index is 0.112. The fourth-order valence-corrected chi connectivity index (χ4v) is 3.30. The molecule has 0 radical (unpaired) electrons. The van der Waals surface area contributed by atoms with Gasteiger partial charge in [0.1, 0.15) is 24.2 Å². The first kappa shape index (κ1) is 17.1. The van der Waals surface area contributed by atoms with Crippen LogP contribution in [0.4, 0.5) is 11.5 Å². The van der Waals surface area contributed by atoms with Gasteiger partial charge in [0.05, 0.1) is 6.33 Å². The van der Waals surface area contributed by atoms with E-state index in [-0.39, 0.29) is 11.7 Å². The lowest BCUT2D eigenvalue weighted by atomic mass is 10.1. The van der Waals surface area contributed by atoms with Gasteiger partial charge in [-0.15, -0.1) is 0 Å². The van der Waals surface area contributed by atoms with Crippen molar-refractivity contribution in [2.24, 2.45) is 0 Å². The zero-order valence-corrected chi connectivity index (χ0v) is 15.2. The van der Waals surface area contributed by atoms with Crippen LogP contribution in [0.1, 0.15) is 30.6 Å². The molecule has 1 aromatic heterocycles. The van der Waals surface area contributed by atoms with Gasteiger partial charge >= 0.3 is 0 Å². The van der Waals surface area contributed by atoms with E-state index in [9.17, 15) is 4.79 Å². The SMILES string of the molecule is CCCN1c2nc[nH]c(=O)c2NC1c1ccc(OCc2ccccc2)cc1. The van der Waals surface area contributed by atoms with Crippen molar-refractivity contribution in [1.82, 2.24) is 9.97 Å². The number of benzene rings is 2. The number of nitrogens with one attached hydrogen (secondary N) is 2. The van der Waals surface area contributed by atoms with Gasteiger partial charge in [0.25, 0.3) is 5.56 Å². The number of H-pyrrole nitrogens is 1. The van der Waals surface area contributed by atoms with E-state index in [0.717, 1.165) is 29.8 Å². The smallest absolute Gasteiger partial charge is 0.276 e. The van der Waals surface area contributed by atoms with Crippen molar-refractivity contribution in [3.8, 4) is 5.75 Å². The zero-order valence-electron chi connectivity index (χ0n) is 15.2. The van der Waals surface area contributed by atoms with Crippen LogP contribution in [0.3, 0.4) is 0 Å². The highest BCUT2D eigenvalue weighted by molar-refractivity contribution is 5.71. The van der Waals surface area contributed by atoms with Crippen LogP contribution in [0.5, 0.6) is 5.75 Å². The average Bonchev–Trinajstić information content (AvgIpc) is 3.08. The first-order valence-electron chi connectivity index (χ1n) is 9.14. The second kappa shape index (κ2) is 7.53. The van der Waals surface area contributed by atoms with Crippen LogP contribution in [0, 0.1) is 0 Å². The quantitative estimate of drug-likeness (QED) is 0.700. The van der Waals surface area contributed by atoms with Crippen LogP contribution in [0.2, 0.25) is 0 Å². The summed E-state index contributed by atoms with van der Waals surface area (Å²) in [5, 5.41) is 3.31. The second-order valence-corrected chi connectivity index (χ2v) is 6.51. The molecule has 0 aliphatic carbocycles. The van der Waals surface area contributed by atoms with Crippen LogP contribution < -0.4 is 20.5 Å². The lowest BCUT2D eigenvalue weighted by molar-refractivity contribution is 0.306. The lowest BCUT2D eigenvalue weighted by Gasteiger charge is -2.26. The number of aromatic amines is 1. The van der Waals surface area contributed by atoms with E-state index in [1.165, 1.54) is 6.33 Å². The maximum absolute atomic E-state index is 12.1. The number of rotatable bonds is 6. The maximum atomic E-state index is 12.1. The molecule has 1 unspecified atom stereocenters. The van der Waals surface area contributed by atoms with Crippen LogP contribution in [-0.2, 0) is 6.61 Å². The average molecular weight is 362 g/mol. The minimum atomic E-state index is -0.147. The van der Waals surface area contributed by atoms with E-state index in [2.05, 4.69) is 27.1 Å². The van der Waals surface area contributed by atoms with Crippen molar-refractivity contribution in [3.05, 3.63) is 82.4 Å². The minimum Gasteiger partial charge on any atom is -0.489 e. The van der Waals surface area contributed by atoms with Gasteiger partial charge in [-0.25, -0.2) is 4.98 Å². The molecule has 2 heterocycles. The van der Waals surface area contributed by atoms with Gasteiger partial charge in [-0.2, -0.15) is 0 Å². The highest BCUT2D eigenvalue weighted by atomic mass is 16.5. The molecular formula is C21H22N4O2. The fraction of sp³-hybridized carbons (Fsp3) is 0.238. The van der Waals surface area contributed by atoms with E-state index in [0.29, 0.717) is 18.1 Å². The van der Waals surface area contributed by atoms with Crippen molar-refractivity contribution in [1.29, 1.82) is 0 Å². The Morgan fingerprint density at radius 2 is 1.89 bits per heavy atom. The monoisotopic (exact) mass is 362 g/mol. The molecule has 0 bridgehead atoms. The molecule has 0 saturated carbocycles. The van der Waals surface area contributed by atoms with Crippen molar-refractivity contribution < 1.29 is 4.74 Å². The molecule has 6 nitrogen and oxygen atoms in total. The first-order chi connectivity index (χ1) is 13.3. The molecule has 0 spiro atoms. The summed E-state index contributed by atoms with van der Waals surface area (Å²) in [4.78, 5) is 21.2. The second-order valence-electron chi connectivity index (χ2n) is 6.51. The van der Waals surface area contributed by atoms with Crippen molar-refractivity contribution in [2.45, 2.75) is 26.1 Å². The number of anilines is 2. The van der Waals surface area contributed by atoms with Gasteiger partial charge in [-0.1, -0.05) is 49.4 Å². The Balaban J connectivity index is 1.51. The molecule has 6 heteroatoms. The van der Waals surface area contributed by atoms with Crippen LogP contribution in [-0.4, -0.2) is 16.5 Å². The molecule has 0 fully saturated rings. The summed E-state index contributed by atoms with van der Waals surface area (Å²) in [7, 11) is 0. The number of hydrogen-bond acceptors (Lipinski definition) is 5.